The van der Waals surface area contributed by atoms with Crippen molar-refractivity contribution in [2.75, 3.05) is 5.32 Å². The minimum absolute atomic E-state index is 0.828. The van der Waals surface area contributed by atoms with Gasteiger partial charge in [-0.3, -0.25) is 4.98 Å². The Bertz CT molecular complexity index is 451. The monoisotopic (exact) mass is 219 g/mol. The molecule has 0 bridgehead atoms. The van der Waals surface area contributed by atoms with Crippen LogP contribution in [0.1, 0.15) is 15.6 Å². The van der Waals surface area contributed by atoms with Crippen LogP contribution in [-0.4, -0.2) is 9.97 Å². The molecular weight excluding hydrogens is 206 g/mol. The van der Waals surface area contributed by atoms with E-state index in [1.165, 1.54) is 4.88 Å². The van der Waals surface area contributed by atoms with Crippen molar-refractivity contribution in [1.29, 1.82) is 0 Å². The van der Waals surface area contributed by atoms with Gasteiger partial charge in [0.15, 0.2) is 0 Å². The molecule has 15 heavy (non-hydrogen) atoms. The van der Waals surface area contributed by atoms with E-state index in [-0.39, 0.29) is 0 Å². The van der Waals surface area contributed by atoms with E-state index in [2.05, 4.69) is 15.3 Å². The Morgan fingerprint density at radius 1 is 1.33 bits per heavy atom. The Balaban J connectivity index is 1.99. The first-order valence-electron chi connectivity index (χ1n) is 4.82. The number of aromatic nitrogens is 2. The molecule has 0 aliphatic carbocycles. The van der Waals surface area contributed by atoms with Crippen LogP contribution in [0.25, 0.3) is 0 Å². The molecule has 0 unspecified atom stereocenters. The van der Waals surface area contributed by atoms with Crippen LogP contribution >= 0.6 is 11.3 Å². The summed E-state index contributed by atoms with van der Waals surface area (Å²) in [5, 5.41) is 4.45. The molecule has 3 nitrogen and oxygen atoms in total. The van der Waals surface area contributed by atoms with Crippen LogP contribution in [0.3, 0.4) is 0 Å². The summed E-state index contributed by atoms with van der Waals surface area (Å²) in [5.74, 6) is 0. The standard InChI is InChI=1S/C11H13N3S/c1-8-5-10(3-4-12-8)14-7-11-6-13-9(2)15-11/h3-6H,7H2,1-2H3,(H,12,14). The van der Waals surface area contributed by atoms with E-state index in [0.717, 1.165) is 22.9 Å². The van der Waals surface area contributed by atoms with Crippen molar-refractivity contribution in [1.82, 2.24) is 9.97 Å². The second-order valence-electron chi connectivity index (χ2n) is 3.39. The van der Waals surface area contributed by atoms with Crippen molar-refractivity contribution in [3.05, 3.63) is 40.1 Å². The van der Waals surface area contributed by atoms with E-state index in [1.54, 1.807) is 11.3 Å². The van der Waals surface area contributed by atoms with Crippen LogP contribution in [0, 0.1) is 13.8 Å². The Morgan fingerprint density at radius 3 is 2.87 bits per heavy atom. The fraction of sp³-hybridized carbons (Fsp3) is 0.273. The van der Waals surface area contributed by atoms with Gasteiger partial charge in [0.05, 0.1) is 11.6 Å². The van der Waals surface area contributed by atoms with Gasteiger partial charge in [0.2, 0.25) is 0 Å². The third-order valence-corrected chi connectivity index (χ3v) is 2.95. The van der Waals surface area contributed by atoms with Crippen LogP contribution in [0.15, 0.2) is 24.5 Å². The molecule has 0 saturated heterocycles. The Labute approximate surface area is 93.2 Å². The molecule has 0 saturated carbocycles. The van der Waals surface area contributed by atoms with Crippen LogP contribution in [0.2, 0.25) is 0 Å². The second kappa shape index (κ2) is 4.40. The lowest BCUT2D eigenvalue weighted by atomic mass is 10.3. The van der Waals surface area contributed by atoms with Crippen molar-refractivity contribution >= 4 is 17.0 Å². The summed E-state index contributed by atoms with van der Waals surface area (Å²) in [6, 6.07) is 4.01. The molecule has 1 N–H and O–H groups in total. The maximum atomic E-state index is 4.21. The van der Waals surface area contributed by atoms with Crippen molar-refractivity contribution in [3.63, 3.8) is 0 Å². The minimum atomic E-state index is 0.828. The zero-order valence-electron chi connectivity index (χ0n) is 8.82. The molecule has 2 heterocycles. The molecule has 0 aromatic carbocycles. The lowest BCUT2D eigenvalue weighted by Gasteiger charge is -2.04. The normalized spacial score (nSPS) is 10.3. The topological polar surface area (TPSA) is 37.8 Å². The van der Waals surface area contributed by atoms with Gasteiger partial charge < -0.3 is 5.32 Å². The minimum Gasteiger partial charge on any atom is -0.380 e. The summed E-state index contributed by atoms with van der Waals surface area (Å²) in [6.07, 6.45) is 3.73. The molecular formula is C11H13N3S. The van der Waals surface area contributed by atoms with E-state index in [4.69, 9.17) is 0 Å². The predicted molar refractivity (Wildman–Crippen MR) is 63.2 cm³/mol. The predicted octanol–water partition coefficient (Wildman–Crippen LogP) is 2.77. The smallest absolute Gasteiger partial charge is 0.0897 e. The largest absolute Gasteiger partial charge is 0.380 e. The average molecular weight is 219 g/mol. The van der Waals surface area contributed by atoms with Gasteiger partial charge in [-0.25, -0.2) is 4.98 Å². The van der Waals surface area contributed by atoms with E-state index >= 15 is 0 Å². The van der Waals surface area contributed by atoms with Crippen molar-refractivity contribution in [3.8, 4) is 0 Å². The van der Waals surface area contributed by atoms with Gasteiger partial charge in [-0.1, -0.05) is 0 Å². The highest BCUT2D eigenvalue weighted by Crippen LogP contribution is 2.14. The lowest BCUT2D eigenvalue weighted by molar-refractivity contribution is 1.14. The number of thiazole rings is 1. The summed E-state index contributed by atoms with van der Waals surface area (Å²) >= 11 is 1.72. The fourth-order valence-corrected chi connectivity index (χ4v) is 2.07. The summed E-state index contributed by atoms with van der Waals surface area (Å²) in [7, 11) is 0. The van der Waals surface area contributed by atoms with E-state index in [1.807, 2.05) is 38.4 Å². The molecule has 0 amide bonds. The quantitative estimate of drug-likeness (QED) is 0.862. The average Bonchev–Trinajstić information content (AvgIpc) is 2.62. The molecule has 4 heteroatoms. The third-order valence-electron chi connectivity index (χ3n) is 2.03. The maximum absolute atomic E-state index is 4.21. The summed E-state index contributed by atoms with van der Waals surface area (Å²) in [4.78, 5) is 9.61. The zero-order chi connectivity index (χ0) is 10.7. The van der Waals surface area contributed by atoms with E-state index in [9.17, 15) is 0 Å². The molecule has 0 radical (unpaired) electrons. The second-order valence-corrected chi connectivity index (χ2v) is 4.70. The van der Waals surface area contributed by atoms with Crippen LogP contribution in [-0.2, 0) is 6.54 Å². The molecule has 0 atom stereocenters. The molecule has 0 spiro atoms. The van der Waals surface area contributed by atoms with Crippen LogP contribution in [0.4, 0.5) is 5.69 Å². The van der Waals surface area contributed by atoms with Crippen molar-refractivity contribution in [2.45, 2.75) is 20.4 Å². The van der Waals surface area contributed by atoms with Gasteiger partial charge in [0, 0.05) is 28.7 Å². The van der Waals surface area contributed by atoms with Crippen LogP contribution < -0.4 is 5.32 Å². The van der Waals surface area contributed by atoms with Gasteiger partial charge in [-0.15, -0.1) is 11.3 Å². The van der Waals surface area contributed by atoms with Crippen molar-refractivity contribution in [2.24, 2.45) is 0 Å². The lowest BCUT2D eigenvalue weighted by Crippen LogP contribution is -1.97. The van der Waals surface area contributed by atoms with E-state index in [0.29, 0.717) is 0 Å². The van der Waals surface area contributed by atoms with Crippen LogP contribution in [0.5, 0.6) is 0 Å². The van der Waals surface area contributed by atoms with Crippen molar-refractivity contribution < 1.29 is 0 Å². The number of pyridine rings is 1. The molecule has 2 aromatic rings. The van der Waals surface area contributed by atoms with E-state index < -0.39 is 0 Å². The zero-order valence-corrected chi connectivity index (χ0v) is 9.64. The maximum Gasteiger partial charge on any atom is 0.0897 e. The molecule has 2 rings (SSSR count). The number of nitrogens with zero attached hydrogens (tertiary/aromatic N) is 2. The molecule has 0 fully saturated rings. The highest BCUT2D eigenvalue weighted by Gasteiger charge is 1.98. The molecule has 78 valence electrons. The van der Waals surface area contributed by atoms with Gasteiger partial charge in [0.1, 0.15) is 0 Å². The van der Waals surface area contributed by atoms with Gasteiger partial charge in [-0.2, -0.15) is 0 Å². The molecule has 2 aromatic heterocycles. The highest BCUT2D eigenvalue weighted by atomic mass is 32.1. The first-order valence-corrected chi connectivity index (χ1v) is 5.63. The summed E-state index contributed by atoms with van der Waals surface area (Å²) in [5.41, 5.74) is 2.13. The summed E-state index contributed by atoms with van der Waals surface area (Å²) < 4.78 is 0. The first kappa shape index (κ1) is 10.1. The SMILES string of the molecule is Cc1cc(NCc2cnc(C)s2)ccn1. The third kappa shape index (κ3) is 2.76. The van der Waals surface area contributed by atoms with Gasteiger partial charge in [-0.05, 0) is 26.0 Å². The Hall–Kier alpha value is -1.42. The molecule has 0 aliphatic heterocycles. The number of rotatable bonds is 3. The number of anilines is 1. The van der Waals surface area contributed by atoms with Gasteiger partial charge in [0.25, 0.3) is 0 Å². The number of hydrogen-bond donors (Lipinski definition) is 1. The Kier molecular flexibility index (Phi) is 2.97. The summed E-state index contributed by atoms with van der Waals surface area (Å²) in [6.45, 7) is 4.84. The number of aryl methyl sites for hydroxylation is 2. The number of nitrogens with one attached hydrogen (secondary N) is 1. The first-order chi connectivity index (χ1) is 7.24. The van der Waals surface area contributed by atoms with Gasteiger partial charge >= 0.3 is 0 Å². The highest BCUT2D eigenvalue weighted by molar-refractivity contribution is 7.11. The Morgan fingerprint density at radius 2 is 2.20 bits per heavy atom. The fourth-order valence-electron chi connectivity index (χ4n) is 1.33. The number of hydrogen-bond acceptors (Lipinski definition) is 4. The molecule has 0 aliphatic rings.